The lowest BCUT2D eigenvalue weighted by Gasteiger charge is -2.25. The molecular formula is C14H19N3O3. The number of ether oxygens (including phenoxy) is 1. The maximum absolute atomic E-state index is 5.26. The van der Waals surface area contributed by atoms with Crippen molar-refractivity contribution in [1.29, 1.82) is 0 Å². The Morgan fingerprint density at radius 3 is 1.85 bits per heavy atom. The maximum atomic E-state index is 5.26. The summed E-state index contributed by atoms with van der Waals surface area (Å²) < 4.78 is 5.26. The third-order valence-corrected chi connectivity index (χ3v) is 2.34. The van der Waals surface area contributed by atoms with Crippen LogP contribution in [0, 0.1) is 0 Å². The van der Waals surface area contributed by atoms with Crippen LogP contribution in [0.3, 0.4) is 0 Å². The third-order valence-electron chi connectivity index (χ3n) is 2.34. The van der Waals surface area contributed by atoms with Gasteiger partial charge in [0.2, 0.25) is 0 Å². The molecule has 0 saturated heterocycles. The Labute approximate surface area is 118 Å². The molecule has 0 aliphatic heterocycles. The Kier molecular flexibility index (Phi) is 8.09. The predicted octanol–water partition coefficient (Wildman–Crippen LogP) is 2.23. The molecule has 1 unspecified atom stereocenters. The molecule has 0 spiro atoms. The largest absolute Gasteiger partial charge is 0.357 e. The van der Waals surface area contributed by atoms with Gasteiger partial charge in [0, 0.05) is 25.1 Å². The molecule has 0 fully saturated rings. The summed E-state index contributed by atoms with van der Waals surface area (Å²) in [5.74, 6) is 0. The Hall–Kier alpha value is -1.86. The summed E-state index contributed by atoms with van der Waals surface area (Å²) >= 11 is 0. The first-order valence-corrected chi connectivity index (χ1v) is 5.98. The normalized spacial score (nSPS) is 11.6. The van der Waals surface area contributed by atoms with E-state index in [1.54, 1.807) is 25.6 Å². The zero-order chi connectivity index (χ0) is 14.6. The topological polar surface area (TPSA) is 56.7 Å². The van der Waals surface area contributed by atoms with Crippen LogP contribution in [-0.2, 0) is 14.4 Å². The number of methoxy groups -OCH3 is 1. The van der Waals surface area contributed by atoms with E-state index >= 15 is 0 Å². The SMILES string of the molecule is COC(c1ccccc1)N(OC)OC.c1cncnc1. The predicted molar refractivity (Wildman–Crippen MR) is 74.1 cm³/mol. The quantitative estimate of drug-likeness (QED) is 0.617. The molecular weight excluding hydrogens is 258 g/mol. The van der Waals surface area contributed by atoms with E-state index < -0.39 is 0 Å². The van der Waals surface area contributed by atoms with E-state index in [2.05, 4.69) is 9.97 Å². The Bertz CT molecular complexity index is 411. The van der Waals surface area contributed by atoms with Crippen LogP contribution in [0.2, 0.25) is 0 Å². The highest BCUT2D eigenvalue weighted by atomic mass is 17.0. The first kappa shape index (κ1) is 16.2. The Morgan fingerprint density at radius 2 is 1.50 bits per heavy atom. The van der Waals surface area contributed by atoms with E-state index in [0.29, 0.717) is 0 Å². The van der Waals surface area contributed by atoms with Crippen LogP contribution in [0.1, 0.15) is 11.8 Å². The number of hydrogen-bond acceptors (Lipinski definition) is 6. The first-order chi connectivity index (χ1) is 9.83. The molecule has 6 heteroatoms. The van der Waals surface area contributed by atoms with E-state index in [0.717, 1.165) is 5.56 Å². The highest BCUT2D eigenvalue weighted by Gasteiger charge is 2.19. The summed E-state index contributed by atoms with van der Waals surface area (Å²) in [5.41, 5.74) is 0.971. The van der Waals surface area contributed by atoms with Crippen molar-refractivity contribution in [3.8, 4) is 0 Å². The minimum Gasteiger partial charge on any atom is -0.357 e. The van der Waals surface area contributed by atoms with Gasteiger partial charge in [-0.1, -0.05) is 30.3 Å². The van der Waals surface area contributed by atoms with Gasteiger partial charge in [-0.15, -0.1) is 0 Å². The van der Waals surface area contributed by atoms with Crippen LogP contribution in [0.25, 0.3) is 0 Å². The fourth-order valence-corrected chi connectivity index (χ4v) is 1.48. The number of benzene rings is 1. The lowest BCUT2D eigenvalue weighted by Crippen LogP contribution is -2.28. The molecule has 1 heterocycles. The van der Waals surface area contributed by atoms with Gasteiger partial charge < -0.3 is 4.74 Å². The standard InChI is InChI=1S/C10H15NO3.C4H4N2/c1-12-10(11(13-2)14-3)9-7-5-4-6-8-9;1-2-5-4-6-3-1/h4-8,10H,1-3H3;1-4H. The number of hydroxylamine groups is 2. The van der Waals surface area contributed by atoms with Gasteiger partial charge in [0.05, 0.1) is 14.2 Å². The highest BCUT2D eigenvalue weighted by Crippen LogP contribution is 2.20. The van der Waals surface area contributed by atoms with Crippen molar-refractivity contribution in [3.63, 3.8) is 0 Å². The molecule has 1 atom stereocenters. The van der Waals surface area contributed by atoms with Crippen molar-refractivity contribution in [2.24, 2.45) is 0 Å². The number of rotatable bonds is 5. The van der Waals surface area contributed by atoms with E-state index in [4.69, 9.17) is 14.4 Å². The van der Waals surface area contributed by atoms with Gasteiger partial charge in [0.1, 0.15) is 6.33 Å². The average molecular weight is 277 g/mol. The Balaban J connectivity index is 0.000000276. The van der Waals surface area contributed by atoms with E-state index in [9.17, 15) is 0 Å². The van der Waals surface area contributed by atoms with E-state index in [1.807, 2.05) is 30.3 Å². The minimum atomic E-state index is -0.355. The van der Waals surface area contributed by atoms with Gasteiger partial charge in [-0.05, 0) is 11.3 Å². The summed E-state index contributed by atoms with van der Waals surface area (Å²) in [5, 5.41) is 1.29. The monoisotopic (exact) mass is 277 g/mol. The summed E-state index contributed by atoms with van der Waals surface area (Å²) in [6, 6.07) is 11.5. The van der Waals surface area contributed by atoms with Gasteiger partial charge in [-0.2, -0.15) is 0 Å². The molecule has 1 aromatic carbocycles. The van der Waals surface area contributed by atoms with Gasteiger partial charge >= 0.3 is 0 Å². The van der Waals surface area contributed by atoms with Crippen molar-refractivity contribution >= 4 is 0 Å². The van der Waals surface area contributed by atoms with Crippen molar-refractivity contribution < 1.29 is 14.4 Å². The zero-order valence-electron chi connectivity index (χ0n) is 11.8. The molecule has 0 amide bonds. The molecule has 0 saturated carbocycles. The second-order valence-electron chi connectivity index (χ2n) is 3.55. The minimum absolute atomic E-state index is 0.355. The van der Waals surface area contributed by atoms with E-state index in [1.165, 1.54) is 25.8 Å². The first-order valence-electron chi connectivity index (χ1n) is 5.98. The van der Waals surface area contributed by atoms with E-state index in [-0.39, 0.29) is 6.23 Å². The molecule has 108 valence electrons. The fraction of sp³-hybridized carbons (Fsp3) is 0.286. The van der Waals surface area contributed by atoms with Crippen LogP contribution in [-0.4, -0.2) is 36.5 Å². The molecule has 0 N–H and O–H groups in total. The second kappa shape index (κ2) is 9.99. The average Bonchev–Trinajstić information content (AvgIpc) is 2.55. The summed E-state index contributed by atoms with van der Waals surface area (Å²) in [4.78, 5) is 17.3. The van der Waals surface area contributed by atoms with Crippen LogP contribution >= 0.6 is 0 Å². The fourth-order valence-electron chi connectivity index (χ4n) is 1.48. The van der Waals surface area contributed by atoms with Crippen LogP contribution in [0.5, 0.6) is 0 Å². The van der Waals surface area contributed by atoms with Crippen molar-refractivity contribution in [3.05, 3.63) is 60.7 Å². The van der Waals surface area contributed by atoms with Crippen LogP contribution in [0.4, 0.5) is 0 Å². The molecule has 2 rings (SSSR count). The Morgan fingerprint density at radius 1 is 0.900 bits per heavy atom. The smallest absolute Gasteiger partial charge is 0.185 e. The summed E-state index contributed by atoms with van der Waals surface area (Å²) in [6.07, 6.45) is 4.52. The zero-order valence-corrected chi connectivity index (χ0v) is 11.8. The number of aromatic nitrogens is 2. The summed E-state index contributed by atoms with van der Waals surface area (Å²) in [7, 11) is 4.65. The van der Waals surface area contributed by atoms with Gasteiger partial charge in [0.25, 0.3) is 0 Å². The molecule has 0 aliphatic carbocycles. The second-order valence-corrected chi connectivity index (χ2v) is 3.55. The van der Waals surface area contributed by atoms with Gasteiger partial charge in [0.15, 0.2) is 6.23 Å². The lowest BCUT2D eigenvalue weighted by molar-refractivity contribution is -0.404. The van der Waals surface area contributed by atoms with Crippen molar-refractivity contribution in [1.82, 2.24) is 15.2 Å². The van der Waals surface area contributed by atoms with Crippen molar-refractivity contribution in [2.45, 2.75) is 6.23 Å². The van der Waals surface area contributed by atoms with Gasteiger partial charge in [-0.25, -0.2) is 9.97 Å². The lowest BCUT2D eigenvalue weighted by atomic mass is 10.2. The molecule has 0 radical (unpaired) electrons. The maximum Gasteiger partial charge on any atom is 0.185 e. The van der Waals surface area contributed by atoms with Gasteiger partial charge in [-0.3, -0.25) is 9.68 Å². The summed E-state index contributed by atoms with van der Waals surface area (Å²) in [6.45, 7) is 0. The molecule has 0 bridgehead atoms. The number of nitrogens with zero attached hydrogens (tertiary/aromatic N) is 3. The molecule has 2 aromatic rings. The van der Waals surface area contributed by atoms with Crippen LogP contribution in [0.15, 0.2) is 55.1 Å². The highest BCUT2D eigenvalue weighted by molar-refractivity contribution is 5.16. The molecule has 1 aromatic heterocycles. The molecule has 20 heavy (non-hydrogen) atoms. The third kappa shape index (κ3) is 5.41. The number of hydrogen-bond donors (Lipinski definition) is 0. The van der Waals surface area contributed by atoms with Crippen LogP contribution < -0.4 is 0 Å². The molecule has 6 nitrogen and oxygen atoms in total. The van der Waals surface area contributed by atoms with Crippen molar-refractivity contribution in [2.75, 3.05) is 21.3 Å². The molecule has 0 aliphatic rings.